The van der Waals surface area contributed by atoms with E-state index < -0.39 is 0 Å². The summed E-state index contributed by atoms with van der Waals surface area (Å²) in [6.45, 7) is 2.02. The van der Waals surface area contributed by atoms with Crippen molar-refractivity contribution in [1.29, 1.82) is 0 Å². The molecule has 15 heavy (non-hydrogen) atoms. The molecule has 0 fully saturated rings. The number of hydrogen-bond donors (Lipinski definition) is 0. The molecule has 0 atom stereocenters. The van der Waals surface area contributed by atoms with Crippen LogP contribution in [0.4, 0.5) is 0 Å². The van der Waals surface area contributed by atoms with Gasteiger partial charge in [-0.1, -0.05) is 24.3 Å². The highest BCUT2D eigenvalue weighted by Gasteiger charge is 2.09. The molecule has 0 saturated heterocycles. The average Bonchev–Trinajstić information content (AvgIpc) is 2.74. The Kier molecular flexibility index (Phi) is 2.92. The van der Waals surface area contributed by atoms with Crippen molar-refractivity contribution in [3.8, 4) is 0 Å². The van der Waals surface area contributed by atoms with E-state index in [9.17, 15) is 4.79 Å². The van der Waals surface area contributed by atoms with E-state index in [2.05, 4.69) is 4.98 Å². The summed E-state index contributed by atoms with van der Waals surface area (Å²) in [5.74, 6) is 0.0885. The summed E-state index contributed by atoms with van der Waals surface area (Å²) in [5, 5.41) is 1.79. The molecular formula is C12H11NOS. The predicted molar refractivity (Wildman–Crippen MR) is 61.3 cm³/mol. The third kappa shape index (κ3) is 2.30. The summed E-state index contributed by atoms with van der Waals surface area (Å²) in [6, 6.07) is 7.94. The number of aromatic nitrogens is 1. The Morgan fingerprint density at radius 3 is 2.87 bits per heavy atom. The first-order chi connectivity index (χ1) is 7.27. The van der Waals surface area contributed by atoms with Crippen LogP contribution in [0.3, 0.4) is 0 Å². The van der Waals surface area contributed by atoms with Gasteiger partial charge >= 0.3 is 0 Å². The average molecular weight is 217 g/mol. The smallest absolute Gasteiger partial charge is 0.186 e. The number of benzene rings is 1. The van der Waals surface area contributed by atoms with Crippen LogP contribution < -0.4 is 0 Å². The maximum Gasteiger partial charge on any atom is 0.186 e. The highest BCUT2D eigenvalue weighted by molar-refractivity contribution is 7.07. The van der Waals surface area contributed by atoms with Gasteiger partial charge in [-0.05, 0) is 18.1 Å². The van der Waals surface area contributed by atoms with Crippen LogP contribution in [0.15, 0.2) is 35.2 Å². The molecule has 2 nitrogen and oxygen atoms in total. The lowest BCUT2D eigenvalue weighted by Gasteiger charge is -2.02. The lowest BCUT2D eigenvalue weighted by Crippen LogP contribution is -2.04. The zero-order chi connectivity index (χ0) is 10.7. The third-order valence-corrected chi connectivity index (χ3v) is 2.92. The van der Waals surface area contributed by atoms with Crippen molar-refractivity contribution in [3.05, 3.63) is 52.0 Å². The summed E-state index contributed by atoms with van der Waals surface area (Å²) in [5.41, 5.74) is 4.49. The van der Waals surface area contributed by atoms with Gasteiger partial charge in [0.2, 0.25) is 0 Å². The van der Waals surface area contributed by atoms with Crippen molar-refractivity contribution < 1.29 is 4.79 Å². The summed E-state index contributed by atoms with van der Waals surface area (Å²) in [4.78, 5) is 15.8. The molecule has 0 aliphatic rings. The molecule has 0 aliphatic carbocycles. The fraction of sp³-hybridized carbons (Fsp3) is 0.167. The van der Waals surface area contributed by atoms with Crippen LogP contribution in [-0.4, -0.2) is 10.8 Å². The van der Waals surface area contributed by atoms with Gasteiger partial charge in [-0.25, -0.2) is 4.98 Å². The van der Waals surface area contributed by atoms with Gasteiger partial charge in [-0.3, -0.25) is 4.79 Å². The van der Waals surface area contributed by atoms with Crippen molar-refractivity contribution in [1.82, 2.24) is 4.98 Å². The van der Waals surface area contributed by atoms with E-state index in [1.807, 2.05) is 31.2 Å². The topological polar surface area (TPSA) is 30.0 Å². The number of Topliss-reactive ketones (excluding diaryl/α,β-unsaturated/α-hetero) is 1. The summed E-state index contributed by atoms with van der Waals surface area (Å²) >= 11 is 1.45. The van der Waals surface area contributed by atoms with E-state index in [-0.39, 0.29) is 5.78 Å². The van der Waals surface area contributed by atoms with Gasteiger partial charge in [0.05, 0.1) is 5.51 Å². The zero-order valence-corrected chi connectivity index (χ0v) is 9.25. The van der Waals surface area contributed by atoms with Gasteiger partial charge in [0.15, 0.2) is 5.78 Å². The molecular weight excluding hydrogens is 206 g/mol. The summed E-state index contributed by atoms with van der Waals surface area (Å²) in [6.07, 6.45) is 0.441. The number of ketones is 1. The third-order valence-electron chi connectivity index (χ3n) is 2.33. The molecule has 0 saturated carbocycles. The highest BCUT2D eigenvalue weighted by Crippen LogP contribution is 2.11. The van der Waals surface area contributed by atoms with Crippen molar-refractivity contribution in [2.45, 2.75) is 13.3 Å². The van der Waals surface area contributed by atoms with Crippen molar-refractivity contribution in [2.24, 2.45) is 0 Å². The monoisotopic (exact) mass is 217 g/mol. The van der Waals surface area contributed by atoms with Crippen molar-refractivity contribution >= 4 is 17.1 Å². The standard InChI is InChI=1S/C12H11NOS/c1-9-4-2-3-5-10(9)6-12(14)11-7-15-8-13-11/h2-5,7-8H,6H2,1H3. The zero-order valence-electron chi connectivity index (χ0n) is 8.43. The number of aryl methyl sites for hydroxylation is 1. The molecule has 2 aromatic rings. The molecule has 1 aromatic heterocycles. The molecule has 3 heteroatoms. The molecule has 0 N–H and O–H groups in total. The van der Waals surface area contributed by atoms with Crippen LogP contribution in [0.1, 0.15) is 21.6 Å². The van der Waals surface area contributed by atoms with Crippen LogP contribution in [-0.2, 0) is 6.42 Å². The number of thiazole rings is 1. The quantitative estimate of drug-likeness (QED) is 0.740. The Labute approximate surface area is 92.6 Å². The van der Waals surface area contributed by atoms with Gasteiger partial charge < -0.3 is 0 Å². The lowest BCUT2D eigenvalue weighted by atomic mass is 10.0. The molecule has 2 rings (SSSR count). The largest absolute Gasteiger partial charge is 0.292 e. The summed E-state index contributed by atoms with van der Waals surface area (Å²) in [7, 11) is 0. The molecule has 0 amide bonds. The Bertz CT molecular complexity index is 462. The summed E-state index contributed by atoms with van der Waals surface area (Å²) < 4.78 is 0. The number of carbonyl (C=O) groups excluding carboxylic acids is 1. The Morgan fingerprint density at radius 1 is 1.40 bits per heavy atom. The SMILES string of the molecule is Cc1ccccc1CC(=O)c1cscn1. The number of nitrogens with zero attached hydrogens (tertiary/aromatic N) is 1. The van der Waals surface area contributed by atoms with E-state index in [1.165, 1.54) is 11.3 Å². The van der Waals surface area contributed by atoms with Gasteiger partial charge in [0.1, 0.15) is 5.69 Å². The normalized spacial score (nSPS) is 10.2. The molecule has 76 valence electrons. The Morgan fingerprint density at radius 2 is 2.20 bits per heavy atom. The van der Waals surface area contributed by atoms with Crippen LogP contribution in [0.5, 0.6) is 0 Å². The fourth-order valence-corrected chi connectivity index (χ4v) is 1.98. The second kappa shape index (κ2) is 4.36. The minimum Gasteiger partial charge on any atom is -0.292 e. The van der Waals surface area contributed by atoms with E-state index in [0.717, 1.165) is 11.1 Å². The first-order valence-corrected chi connectivity index (χ1v) is 5.67. The second-order valence-electron chi connectivity index (χ2n) is 3.40. The number of carbonyl (C=O) groups is 1. The lowest BCUT2D eigenvalue weighted by molar-refractivity contribution is 0.0988. The van der Waals surface area contributed by atoms with Gasteiger partial charge in [0.25, 0.3) is 0 Å². The second-order valence-corrected chi connectivity index (χ2v) is 4.12. The van der Waals surface area contributed by atoms with Crippen molar-refractivity contribution in [3.63, 3.8) is 0 Å². The van der Waals surface area contributed by atoms with Crippen molar-refractivity contribution in [2.75, 3.05) is 0 Å². The number of rotatable bonds is 3. The molecule has 1 aromatic carbocycles. The first-order valence-electron chi connectivity index (χ1n) is 4.73. The molecule has 0 unspecified atom stereocenters. The molecule has 0 radical (unpaired) electrons. The molecule has 0 aliphatic heterocycles. The molecule has 1 heterocycles. The Hall–Kier alpha value is -1.48. The van der Waals surface area contributed by atoms with E-state index >= 15 is 0 Å². The maximum absolute atomic E-state index is 11.8. The van der Waals surface area contributed by atoms with Gasteiger partial charge in [-0.2, -0.15) is 0 Å². The predicted octanol–water partition coefficient (Wildman–Crippen LogP) is 2.88. The number of hydrogen-bond acceptors (Lipinski definition) is 3. The van der Waals surface area contributed by atoms with Crippen LogP contribution >= 0.6 is 11.3 Å². The van der Waals surface area contributed by atoms with Crippen LogP contribution in [0.2, 0.25) is 0 Å². The van der Waals surface area contributed by atoms with Gasteiger partial charge in [0, 0.05) is 11.8 Å². The fourth-order valence-electron chi connectivity index (χ4n) is 1.42. The molecule has 0 bridgehead atoms. The Balaban J connectivity index is 2.17. The first kappa shape index (κ1) is 10.1. The molecule has 0 spiro atoms. The van der Waals surface area contributed by atoms with Gasteiger partial charge in [-0.15, -0.1) is 11.3 Å². The van der Waals surface area contributed by atoms with Crippen LogP contribution in [0.25, 0.3) is 0 Å². The van der Waals surface area contributed by atoms with E-state index in [0.29, 0.717) is 12.1 Å². The minimum absolute atomic E-state index is 0.0885. The minimum atomic E-state index is 0.0885. The van der Waals surface area contributed by atoms with E-state index in [4.69, 9.17) is 0 Å². The van der Waals surface area contributed by atoms with E-state index in [1.54, 1.807) is 10.9 Å². The highest BCUT2D eigenvalue weighted by atomic mass is 32.1. The maximum atomic E-state index is 11.8. The van der Waals surface area contributed by atoms with Crippen LogP contribution in [0, 0.1) is 6.92 Å².